The molecular weight excluding hydrogens is 386 g/mol. The number of amides is 2. The van der Waals surface area contributed by atoms with Crippen LogP contribution in [0.15, 0.2) is 24.3 Å². The van der Waals surface area contributed by atoms with Crippen LogP contribution in [0.25, 0.3) is 10.2 Å². The van der Waals surface area contributed by atoms with E-state index in [9.17, 15) is 14.4 Å². The zero-order chi connectivity index (χ0) is 19.6. The molecule has 3 rings (SSSR count). The summed E-state index contributed by atoms with van der Waals surface area (Å²) in [6, 6.07) is 7.43. The predicted molar refractivity (Wildman–Crippen MR) is 106 cm³/mol. The maximum atomic E-state index is 12.7. The molecule has 0 atom stereocenters. The second-order valence-corrected chi connectivity index (χ2v) is 7.55. The zero-order valence-corrected chi connectivity index (χ0v) is 16.5. The summed E-state index contributed by atoms with van der Waals surface area (Å²) in [5.41, 5.74) is 1.45. The summed E-state index contributed by atoms with van der Waals surface area (Å²) in [5, 5.41) is 5.82. The second-order valence-electron chi connectivity index (χ2n) is 5.50. The van der Waals surface area contributed by atoms with Crippen molar-refractivity contribution in [2.24, 2.45) is 0 Å². The quantitative estimate of drug-likeness (QED) is 0.636. The number of hydrogen-bond acceptors (Lipinski definition) is 7. The molecule has 0 fully saturated rings. The first-order valence-electron chi connectivity index (χ1n) is 8.15. The molecule has 2 aromatic heterocycles. The van der Waals surface area contributed by atoms with Crippen molar-refractivity contribution >= 4 is 55.7 Å². The smallest absolute Gasteiger partial charge is 0.348 e. The number of nitrogens with one attached hydrogen (secondary N) is 2. The van der Waals surface area contributed by atoms with E-state index in [1.165, 1.54) is 18.4 Å². The van der Waals surface area contributed by atoms with Crippen LogP contribution in [0.1, 0.15) is 42.3 Å². The minimum atomic E-state index is -0.523. The molecule has 2 N–H and O–H groups in total. The third kappa shape index (κ3) is 3.69. The minimum absolute atomic E-state index is 0.221. The van der Waals surface area contributed by atoms with Crippen LogP contribution in [0.3, 0.4) is 0 Å². The van der Waals surface area contributed by atoms with E-state index in [1.807, 2.05) is 24.3 Å². The van der Waals surface area contributed by atoms with Crippen molar-refractivity contribution < 1.29 is 19.1 Å². The molecule has 0 aliphatic heterocycles. The van der Waals surface area contributed by atoms with Crippen LogP contribution in [-0.2, 0) is 4.74 Å². The van der Waals surface area contributed by atoms with Crippen LogP contribution < -0.4 is 10.6 Å². The van der Waals surface area contributed by atoms with Crippen molar-refractivity contribution in [1.29, 1.82) is 0 Å². The number of esters is 1. The van der Waals surface area contributed by atoms with Gasteiger partial charge in [0.05, 0.1) is 22.4 Å². The highest BCUT2D eigenvalue weighted by molar-refractivity contribution is 7.21. The topological polar surface area (TPSA) is 97.4 Å². The largest absolute Gasteiger partial charge is 0.462 e. The van der Waals surface area contributed by atoms with Crippen LogP contribution >= 0.6 is 22.7 Å². The van der Waals surface area contributed by atoms with E-state index < -0.39 is 11.9 Å². The molecule has 2 heterocycles. The van der Waals surface area contributed by atoms with E-state index in [-0.39, 0.29) is 28.0 Å². The van der Waals surface area contributed by atoms with Crippen LogP contribution in [0.5, 0.6) is 0 Å². The van der Waals surface area contributed by atoms with Gasteiger partial charge in [-0.1, -0.05) is 12.1 Å². The first-order chi connectivity index (χ1) is 13.0. The van der Waals surface area contributed by atoms with E-state index in [1.54, 1.807) is 13.8 Å². The lowest BCUT2D eigenvalue weighted by Crippen LogP contribution is -2.21. The first-order valence-corrected chi connectivity index (χ1v) is 9.79. The minimum Gasteiger partial charge on any atom is -0.462 e. The highest BCUT2D eigenvalue weighted by Crippen LogP contribution is 2.34. The van der Waals surface area contributed by atoms with E-state index in [0.29, 0.717) is 10.6 Å². The number of thiophene rings is 1. The Hall–Kier alpha value is -2.78. The number of aromatic nitrogens is 1. The Labute approximate surface area is 163 Å². The number of hydrogen-bond donors (Lipinski definition) is 2. The summed E-state index contributed by atoms with van der Waals surface area (Å²) in [4.78, 5) is 41.7. The lowest BCUT2D eigenvalue weighted by atomic mass is 10.1. The standard InChI is InChI=1S/C18H17N3O4S2/c1-4-25-18(24)13-9(2)12(14(22)19-3)16(27-13)21-15(23)17-20-10-7-5-6-8-11(10)26-17/h5-8H,4H2,1-3H3,(H,19,22)(H,21,23). The monoisotopic (exact) mass is 403 g/mol. The number of anilines is 1. The SMILES string of the molecule is CCOC(=O)c1sc(NC(=O)c2nc3ccccc3s2)c(C(=O)NC)c1C. The molecule has 0 aliphatic rings. The van der Waals surface area contributed by atoms with Crippen LogP contribution in [0.4, 0.5) is 5.00 Å². The molecule has 0 saturated heterocycles. The zero-order valence-electron chi connectivity index (χ0n) is 14.9. The van der Waals surface area contributed by atoms with Gasteiger partial charge in [0.1, 0.15) is 9.88 Å². The first kappa shape index (κ1) is 19.0. The number of carbonyl (C=O) groups is 3. The normalized spacial score (nSPS) is 10.6. The molecule has 0 unspecified atom stereocenters. The molecular formula is C18H17N3O4S2. The summed E-state index contributed by atoms with van der Waals surface area (Å²) in [6.45, 7) is 3.58. The molecule has 27 heavy (non-hydrogen) atoms. The molecule has 7 nitrogen and oxygen atoms in total. The van der Waals surface area contributed by atoms with E-state index in [2.05, 4.69) is 15.6 Å². The van der Waals surface area contributed by atoms with Crippen LogP contribution in [0.2, 0.25) is 0 Å². The summed E-state index contributed by atoms with van der Waals surface area (Å²) in [6.07, 6.45) is 0. The number of para-hydroxylation sites is 1. The number of fused-ring (bicyclic) bond motifs is 1. The van der Waals surface area contributed by atoms with Crippen molar-refractivity contribution in [3.8, 4) is 0 Å². The van der Waals surface area contributed by atoms with Crippen molar-refractivity contribution in [2.45, 2.75) is 13.8 Å². The molecule has 140 valence electrons. The van der Waals surface area contributed by atoms with Crippen molar-refractivity contribution in [3.05, 3.63) is 45.3 Å². The predicted octanol–water partition coefficient (Wildman–Crippen LogP) is 3.45. The summed E-state index contributed by atoms with van der Waals surface area (Å²) in [5.74, 6) is -1.34. The van der Waals surface area contributed by atoms with Gasteiger partial charge >= 0.3 is 5.97 Å². The van der Waals surface area contributed by atoms with Gasteiger partial charge < -0.3 is 15.4 Å². The van der Waals surface area contributed by atoms with Crippen molar-refractivity contribution in [1.82, 2.24) is 10.3 Å². The molecule has 0 spiro atoms. The Kier molecular flexibility index (Phi) is 5.52. The van der Waals surface area contributed by atoms with Gasteiger partial charge in [-0.05, 0) is 31.5 Å². The van der Waals surface area contributed by atoms with Gasteiger partial charge in [0.2, 0.25) is 0 Å². The third-order valence-corrected chi connectivity index (χ3v) is 6.00. The van der Waals surface area contributed by atoms with Crippen molar-refractivity contribution in [2.75, 3.05) is 19.0 Å². The van der Waals surface area contributed by atoms with E-state index in [0.717, 1.165) is 21.6 Å². The molecule has 2 amide bonds. The maximum Gasteiger partial charge on any atom is 0.348 e. The fraction of sp³-hybridized carbons (Fsp3) is 0.222. The van der Waals surface area contributed by atoms with Gasteiger partial charge in [0.15, 0.2) is 5.01 Å². The number of benzene rings is 1. The second kappa shape index (κ2) is 7.85. The number of nitrogens with zero attached hydrogens (tertiary/aromatic N) is 1. The van der Waals surface area contributed by atoms with Crippen LogP contribution in [-0.4, -0.2) is 36.4 Å². The highest BCUT2D eigenvalue weighted by Gasteiger charge is 2.26. The van der Waals surface area contributed by atoms with Gasteiger partial charge in [-0.2, -0.15) is 0 Å². The molecule has 3 aromatic rings. The Morgan fingerprint density at radius 3 is 2.56 bits per heavy atom. The van der Waals surface area contributed by atoms with Crippen LogP contribution in [0, 0.1) is 6.92 Å². The molecule has 0 bridgehead atoms. The average molecular weight is 403 g/mol. The number of thiazole rings is 1. The molecule has 0 aliphatic carbocycles. The number of carbonyl (C=O) groups excluding carboxylic acids is 3. The van der Waals surface area contributed by atoms with E-state index in [4.69, 9.17) is 4.74 Å². The Bertz CT molecular complexity index is 1010. The Morgan fingerprint density at radius 1 is 1.15 bits per heavy atom. The summed E-state index contributed by atoms with van der Waals surface area (Å²) in [7, 11) is 1.49. The molecule has 0 radical (unpaired) electrons. The maximum absolute atomic E-state index is 12.7. The third-order valence-electron chi connectivity index (χ3n) is 3.78. The fourth-order valence-electron chi connectivity index (χ4n) is 2.52. The van der Waals surface area contributed by atoms with Crippen molar-refractivity contribution in [3.63, 3.8) is 0 Å². The van der Waals surface area contributed by atoms with Gasteiger partial charge in [-0.25, -0.2) is 9.78 Å². The van der Waals surface area contributed by atoms with Gasteiger partial charge in [-0.3, -0.25) is 9.59 Å². The molecule has 1 aromatic carbocycles. The fourth-order valence-corrected chi connectivity index (χ4v) is 4.47. The molecule has 9 heteroatoms. The Morgan fingerprint density at radius 2 is 1.89 bits per heavy atom. The Balaban J connectivity index is 1.97. The molecule has 0 saturated carbocycles. The van der Waals surface area contributed by atoms with Gasteiger partial charge in [-0.15, -0.1) is 22.7 Å². The number of ether oxygens (including phenoxy) is 1. The van der Waals surface area contributed by atoms with E-state index >= 15 is 0 Å². The number of rotatable bonds is 5. The summed E-state index contributed by atoms with van der Waals surface area (Å²) < 4.78 is 5.93. The lowest BCUT2D eigenvalue weighted by Gasteiger charge is -2.05. The van der Waals surface area contributed by atoms with Gasteiger partial charge in [0.25, 0.3) is 11.8 Å². The van der Waals surface area contributed by atoms with Gasteiger partial charge in [0, 0.05) is 7.05 Å². The summed E-state index contributed by atoms with van der Waals surface area (Å²) >= 11 is 2.28. The lowest BCUT2D eigenvalue weighted by molar-refractivity contribution is 0.0531. The average Bonchev–Trinajstić information content (AvgIpc) is 3.22. The highest BCUT2D eigenvalue weighted by atomic mass is 32.1.